The zero-order valence-electron chi connectivity index (χ0n) is 5.10. The summed E-state index contributed by atoms with van der Waals surface area (Å²) in [6.07, 6.45) is -3.48. The maximum atomic E-state index is 10.2. The molecule has 0 aromatic heterocycles. The van der Waals surface area contributed by atoms with Gasteiger partial charge in [0.15, 0.2) is 6.29 Å². The average Bonchev–Trinajstić information content (AvgIpc) is 2.00. The van der Waals surface area contributed by atoms with Crippen LogP contribution >= 0.6 is 0 Å². The largest absolute Gasteiger partial charge is 0.394 e. The van der Waals surface area contributed by atoms with E-state index in [0.29, 0.717) is 0 Å². The van der Waals surface area contributed by atoms with E-state index < -0.39 is 24.6 Å². The Balaban J connectivity index is 3.93. The molecular weight excluding hydrogens is 140 g/mol. The van der Waals surface area contributed by atoms with E-state index in [4.69, 9.17) is 15.3 Å². The lowest BCUT2D eigenvalue weighted by Crippen LogP contribution is -2.36. The van der Waals surface area contributed by atoms with Crippen molar-refractivity contribution < 1.29 is 24.9 Å². The molecule has 0 amide bonds. The van der Waals surface area contributed by atoms with Gasteiger partial charge in [0.05, 0.1) is 6.61 Å². The van der Waals surface area contributed by atoms with Gasteiger partial charge in [-0.1, -0.05) is 0 Å². The van der Waals surface area contributed by atoms with Gasteiger partial charge in [-0.2, -0.15) is 0 Å². The van der Waals surface area contributed by atoms with E-state index in [9.17, 15) is 9.59 Å². The first kappa shape index (κ1) is 9.22. The van der Waals surface area contributed by atoms with Gasteiger partial charge in [0.2, 0.25) is 5.78 Å². The van der Waals surface area contributed by atoms with Gasteiger partial charge in [-0.05, 0) is 0 Å². The molecular formula is C5H8O5. The summed E-state index contributed by atoms with van der Waals surface area (Å²) in [6.45, 7) is -0.749. The molecule has 0 heterocycles. The normalized spacial score (nSPS) is 15.9. The van der Waals surface area contributed by atoms with Crippen LogP contribution in [0.15, 0.2) is 0 Å². The second-order valence-electron chi connectivity index (χ2n) is 1.71. The van der Waals surface area contributed by atoms with E-state index in [1.165, 1.54) is 0 Å². The van der Waals surface area contributed by atoms with Gasteiger partial charge in [-0.25, -0.2) is 0 Å². The van der Waals surface area contributed by atoms with Gasteiger partial charge >= 0.3 is 0 Å². The fraction of sp³-hybridized carbons (Fsp3) is 0.600. The van der Waals surface area contributed by atoms with Crippen molar-refractivity contribution in [3.63, 3.8) is 0 Å². The fourth-order valence-corrected chi connectivity index (χ4v) is 0.359. The zero-order chi connectivity index (χ0) is 8.15. The Morgan fingerprint density at radius 1 is 1.50 bits per heavy atom. The Bertz CT molecular complexity index is 132. The van der Waals surface area contributed by atoms with Gasteiger partial charge < -0.3 is 15.3 Å². The van der Waals surface area contributed by atoms with Crippen LogP contribution in [0.1, 0.15) is 0 Å². The summed E-state index contributed by atoms with van der Waals surface area (Å²) in [4.78, 5) is 19.9. The lowest BCUT2D eigenvalue weighted by atomic mass is 10.1. The molecule has 58 valence electrons. The van der Waals surface area contributed by atoms with Gasteiger partial charge in [-0.3, -0.25) is 9.59 Å². The van der Waals surface area contributed by atoms with Crippen molar-refractivity contribution in [3.05, 3.63) is 0 Å². The van der Waals surface area contributed by atoms with Gasteiger partial charge in [-0.15, -0.1) is 0 Å². The first-order valence-electron chi connectivity index (χ1n) is 2.59. The Kier molecular flexibility index (Phi) is 3.78. The molecule has 0 aromatic rings. The number of aldehydes is 1. The molecule has 5 nitrogen and oxygen atoms in total. The maximum Gasteiger partial charge on any atom is 0.226 e. The third-order valence-corrected chi connectivity index (χ3v) is 0.959. The maximum absolute atomic E-state index is 10.2. The van der Waals surface area contributed by atoms with E-state index in [2.05, 4.69) is 0 Å². The van der Waals surface area contributed by atoms with Crippen LogP contribution in [0.3, 0.4) is 0 Å². The average molecular weight is 148 g/mol. The van der Waals surface area contributed by atoms with Crippen LogP contribution in [0.2, 0.25) is 0 Å². The van der Waals surface area contributed by atoms with Crippen molar-refractivity contribution in [2.24, 2.45) is 0 Å². The number of aliphatic hydroxyl groups excluding tert-OH is 3. The monoisotopic (exact) mass is 148 g/mol. The van der Waals surface area contributed by atoms with Gasteiger partial charge in [0, 0.05) is 0 Å². The highest BCUT2D eigenvalue weighted by Gasteiger charge is 2.22. The molecule has 0 aliphatic carbocycles. The molecule has 5 heteroatoms. The van der Waals surface area contributed by atoms with E-state index in [0.717, 1.165) is 0 Å². The molecule has 0 saturated heterocycles. The lowest BCUT2D eigenvalue weighted by Gasteiger charge is -2.09. The molecule has 0 aromatic carbocycles. The number of aliphatic hydroxyl groups is 3. The fourth-order valence-electron chi connectivity index (χ4n) is 0.359. The number of carbonyl (C=O) groups excluding carboxylic acids is 2. The van der Waals surface area contributed by atoms with E-state index >= 15 is 0 Å². The molecule has 1 unspecified atom stereocenters. The Labute approximate surface area is 56.9 Å². The van der Waals surface area contributed by atoms with Crippen LogP contribution in [-0.4, -0.2) is 46.2 Å². The van der Waals surface area contributed by atoms with Crippen molar-refractivity contribution in [2.45, 2.75) is 12.2 Å². The summed E-state index contributed by atoms with van der Waals surface area (Å²) in [5.41, 5.74) is 0. The summed E-state index contributed by atoms with van der Waals surface area (Å²) in [5, 5.41) is 25.3. The molecule has 0 aliphatic rings. The summed E-state index contributed by atoms with van der Waals surface area (Å²) in [7, 11) is 0. The highest BCUT2D eigenvalue weighted by Crippen LogP contribution is 1.91. The third-order valence-electron chi connectivity index (χ3n) is 0.959. The van der Waals surface area contributed by atoms with Crippen molar-refractivity contribution >= 4 is 12.1 Å². The number of hydrogen-bond acceptors (Lipinski definition) is 5. The van der Waals surface area contributed by atoms with Crippen LogP contribution in [0, 0.1) is 0 Å². The van der Waals surface area contributed by atoms with Gasteiger partial charge in [0.1, 0.15) is 12.2 Å². The van der Waals surface area contributed by atoms with E-state index in [1.807, 2.05) is 0 Å². The summed E-state index contributed by atoms with van der Waals surface area (Å²) in [6, 6.07) is 0. The number of rotatable bonds is 4. The molecule has 0 saturated carbocycles. The van der Waals surface area contributed by atoms with Crippen molar-refractivity contribution in [2.75, 3.05) is 6.61 Å². The Hall–Kier alpha value is -0.780. The highest BCUT2D eigenvalue weighted by molar-refractivity contribution is 6.27. The highest BCUT2D eigenvalue weighted by atomic mass is 16.4. The molecule has 10 heavy (non-hydrogen) atoms. The SMILES string of the molecule is O=CC(=O)C(O)[C@@H](O)CO. The third kappa shape index (κ3) is 2.22. The number of carbonyl (C=O) groups is 2. The lowest BCUT2D eigenvalue weighted by molar-refractivity contribution is -0.140. The smallest absolute Gasteiger partial charge is 0.226 e. The Morgan fingerprint density at radius 3 is 2.30 bits per heavy atom. The second kappa shape index (κ2) is 4.10. The summed E-state index contributed by atoms with van der Waals surface area (Å²) in [5.74, 6) is -1.14. The number of Topliss-reactive ketones (excluding diaryl/α,β-unsaturated/α-hetero) is 1. The summed E-state index contributed by atoms with van der Waals surface area (Å²) < 4.78 is 0. The van der Waals surface area contributed by atoms with Crippen molar-refractivity contribution in [1.82, 2.24) is 0 Å². The first-order valence-corrected chi connectivity index (χ1v) is 2.59. The van der Waals surface area contributed by atoms with Crippen molar-refractivity contribution in [3.8, 4) is 0 Å². The minimum Gasteiger partial charge on any atom is -0.394 e. The minimum atomic E-state index is -1.80. The predicted molar refractivity (Wildman–Crippen MR) is 30.2 cm³/mol. The predicted octanol–water partition coefficient (Wildman–Crippen LogP) is -2.53. The standard InChI is InChI=1S/C5H8O5/c6-1-3(8)5(10)4(9)2-7/h1,4-5,7,9-10H,2H2/t4-,5?/m0/s1. The molecule has 2 atom stereocenters. The van der Waals surface area contributed by atoms with Crippen LogP contribution in [0.4, 0.5) is 0 Å². The molecule has 0 radical (unpaired) electrons. The molecule has 0 bridgehead atoms. The van der Waals surface area contributed by atoms with Crippen LogP contribution in [-0.2, 0) is 9.59 Å². The van der Waals surface area contributed by atoms with E-state index in [-0.39, 0.29) is 6.29 Å². The quantitative estimate of drug-likeness (QED) is 0.302. The zero-order valence-corrected chi connectivity index (χ0v) is 5.10. The molecule has 3 N–H and O–H groups in total. The van der Waals surface area contributed by atoms with E-state index in [1.54, 1.807) is 0 Å². The number of hydrogen-bond donors (Lipinski definition) is 3. The van der Waals surface area contributed by atoms with Crippen LogP contribution in [0.25, 0.3) is 0 Å². The van der Waals surface area contributed by atoms with Crippen LogP contribution < -0.4 is 0 Å². The summed E-state index contributed by atoms with van der Waals surface area (Å²) >= 11 is 0. The molecule has 0 fully saturated rings. The molecule has 0 spiro atoms. The minimum absolute atomic E-state index is 0.108. The topological polar surface area (TPSA) is 94.8 Å². The van der Waals surface area contributed by atoms with Crippen LogP contribution in [0.5, 0.6) is 0 Å². The Morgan fingerprint density at radius 2 is 2.00 bits per heavy atom. The first-order chi connectivity index (χ1) is 4.63. The second-order valence-corrected chi connectivity index (χ2v) is 1.71. The molecule has 0 rings (SSSR count). The van der Waals surface area contributed by atoms with Crippen molar-refractivity contribution in [1.29, 1.82) is 0 Å². The molecule has 0 aliphatic heterocycles. The van der Waals surface area contributed by atoms with Gasteiger partial charge in [0.25, 0.3) is 0 Å². The number of ketones is 1.